The minimum absolute atomic E-state index is 0.139. The molecule has 0 spiro atoms. The number of rotatable bonds is 4. The normalized spacial score (nSPS) is 10.4. The standard InChI is InChI=1S/C13H14FN3O/c1-9(2)18-11-5-3-10(4-6-11)16-12-7-8-15-13(14)17-12/h3-9H,1-2H3,(H,15,16,17). The van der Waals surface area contributed by atoms with E-state index < -0.39 is 6.08 Å². The summed E-state index contributed by atoms with van der Waals surface area (Å²) in [7, 11) is 0. The lowest BCUT2D eigenvalue weighted by molar-refractivity contribution is 0.242. The fraction of sp³-hybridized carbons (Fsp3) is 0.231. The summed E-state index contributed by atoms with van der Waals surface area (Å²) in [6, 6.07) is 8.98. The van der Waals surface area contributed by atoms with Gasteiger partial charge in [0.15, 0.2) is 0 Å². The van der Waals surface area contributed by atoms with Crippen molar-refractivity contribution in [2.24, 2.45) is 0 Å². The van der Waals surface area contributed by atoms with Crippen molar-refractivity contribution in [3.63, 3.8) is 0 Å². The molecule has 2 rings (SSSR count). The molecule has 0 amide bonds. The van der Waals surface area contributed by atoms with Crippen molar-refractivity contribution in [1.82, 2.24) is 9.97 Å². The third-order valence-electron chi connectivity index (χ3n) is 2.12. The number of nitrogens with zero attached hydrogens (tertiary/aromatic N) is 2. The van der Waals surface area contributed by atoms with Gasteiger partial charge in [0.2, 0.25) is 0 Å². The van der Waals surface area contributed by atoms with E-state index in [1.165, 1.54) is 6.20 Å². The summed E-state index contributed by atoms with van der Waals surface area (Å²) in [5, 5.41) is 2.98. The molecule has 1 aromatic heterocycles. The number of aromatic nitrogens is 2. The number of anilines is 2. The van der Waals surface area contributed by atoms with Crippen LogP contribution in [-0.4, -0.2) is 16.1 Å². The topological polar surface area (TPSA) is 47.0 Å². The number of ether oxygens (including phenoxy) is 1. The van der Waals surface area contributed by atoms with Gasteiger partial charge in [-0.05, 0) is 44.2 Å². The van der Waals surface area contributed by atoms with Crippen LogP contribution in [0.15, 0.2) is 36.5 Å². The predicted molar refractivity (Wildman–Crippen MR) is 67.5 cm³/mol. The van der Waals surface area contributed by atoms with Crippen LogP contribution in [0.25, 0.3) is 0 Å². The van der Waals surface area contributed by atoms with Gasteiger partial charge in [0.1, 0.15) is 11.6 Å². The molecule has 0 unspecified atom stereocenters. The van der Waals surface area contributed by atoms with E-state index in [0.717, 1.165) is 11.4 Å². The molecule has 0 aliphatic rings. The van der Waals surface area contributed by atoms with Crippen molar-refractivity contribution >= 4 is 11.5 Å². The van der Waals surface area contributed by atoms with E-state index in [4.69, 9.17) is 4.74 Å². The summed E-state index contributed by atoms with van der Waals surface area (Å²) in [5.41, 5.74) is 0.809. The number of hydrogen-bond acceptors (Lipinski definition) is 4. The fourth-order valence-corrected chi connectivity index (χ4v) is 1.44. The van der Waals surface area contributed by atoms with Crippen LogP contribution in [0.1, 0.15) is 13.8 Å². The molecule has 94 valence electrons. The third kappa shape index (κ3) is 3.41. The van der Waals surface area contributed by atoms with Gasteiger partial charge in [0.05, 0.1) is 6.10 Å². The highest BCUT2D eigenvalue weighted by molar-refractivity contribution is 5.56. The van der Waals surface area contributed by atoms with E-state index in [1.54, 1.807) is 6.07 Å². The second-order valence-corrected chi connectivity index (χ2v) is 4.03. The lowest BCUT2D eigenvalue weighted by atomic mass is 10.3. The van der Waals surface area contributed by atoms with Crippen molar-refractivity contribution in [3.8, 4) is 5.75 Å². The molecule has 1 N–H and O–H groups in total. The van der Waals surface area contributed by atoms with Crippen molar-refractivity contribution in [3.05, 3.63) is 42.6 Å². The van der Waals surface area contributed by atoms with Gasteiger partial charge in [-0.2, -0.15) is 9.37 Å². The average Bonchev–Trinajstić information content (AvgIpc) is 2.31. The van der Waals surface area contributed by atoms with Crippen LogP contribution < -0.4 is 10.1 Å². The maximum Gasteiger partial charge on any atom is 0.310 e. The Labute approximate surface area is 105 Å². The summed E-state index contributed by atoms with van der Waals surface area (Å²) >= 11 is 0. The van der Waals surface area contributed by atoms with Crippen LogP contribution in [-0.2, 0) is 0 Å². The van der Waals surface area contributed by atoms with E-state index in [2.05, 4.69) is 15.3 Å². The smallest absolute Gasteiger partial charge is 0.310 e. The molecule has 0 atom stereocenters. The summed E-state index contributed by atoms with van der Waals surface area (Å²) in [5.74, 6) is 1.21. The summed E-state index contributed by atoms with van der Waals surface area (Å²) < 4.78 is 18.3. The van der Waals surface area contributed by atoms with Gasteiger partial charge in [0.25, 0.3) is 0 Å². The molecule has 1 aromatic carbocycles. The lowest BCUT2D eigenvalue weighted by Gasteiger charge is -2.10. The van der Waals surface area contributed by atoms with Gasteiger partial charge in [-0.15, -0.1) is 0 Å². The summed E-state index contributed by atoms with van der Waals surface area (Å²) in [6.07, 6.45) is 0.750. The molecule has 0 bridgehead atoms. The summed E-state index contributed by atoms with van der Waals surface area (Å²) in [6.45, 7) is 3.94. The summed E-state index contributed by atoms with van der Waals surface area (Å²) in [4.78, 5) is 7.01. The van der Waals surface area contributed by atoms with Gasteiger partial charge in [-0.1, -0.05) is 0 Å². The first-order valence-electron chi connectivity index (χ1n) is 5.66. The van der Waals surface area contributed by atoms with Crippen LogP contribution in [0, 0.1) is 6.08 Å². The van der Waals surface area contributed by atoms with E-state index in [9.17, 15) is 4.39 Å². The monoisotopic (exact) mass is 247 g/mol. The van der Waals surface area contributed by atoms with E-state index >= 15 is 0 Å². The third-order valence-corrected chi connectivity index (χ3v) is 2.12. The molecule has 0 saturated heterocycles. The zero-order valence-corrected chi connectivity index (χ0v) is 10.2. The lowest BCUT2D eigenvalue weighted by Crippen LogP contribution is -2.05. The van der Waals surface area contributed by atoms with Crippen molar-refractivity contribution in [1.29, 1.82) is 0 Å². The molecular weight excluding hydrogens is 233 g/mol. The number of halogens is 1. The second kappa shape index (κ2) is 5.44. The Hall–Kier alpha value is -2.17. The molecule has 2 aromatic rings. The molecule has 4 nitrogen and oxygen atoms in total. The molecule has 0 aliphatic heterocycles. The van der Waals surface area contributed by atoms with Crippen LogP contribution in [0.5, 0.6) is 5.75 Å². The highest BCUT2D eigenvalue weighted by Gasteiger charge is 2.00. The molecule has 0 fully saturated rings. The van der Waals surface area contributed by atoms with Crippen molar-refractivity contribution < 1.29 is 9.13 Å². The Kier molecular flexibility index (Phi) is 3.72. The van der Waals surface area contributed by atoms with Gasteiger partial charge in [0, 0.05) is 11.9 Å². The zero-order chi connectivity index (χ0) is 13.0. The number of benzene rings is 1. The molecule has 0 radical (unpaired) electrons. The highest BCUT2D eigenvalue weighted by Crippen LogP contribution is 2.19. The first-order valence-corrected chi connectivity index (χ1v) is 5.66. The Bertz CT molecular complexity index is 514. The van der Waals surface area contributed by atoms with Crippen LogP contribution >= 0.6 is 0 Å². The highest BCUT2D eigenvalue weighted by atomic mass is 19.1. The first-order chi connectivity index (χ1) is 8.63. The maximum atomic E-state index is 12.8. The van der Waals surface area contributed by atoms with Crippen LogP contribution in [0.3, 0.4) is 0 Å². The van der Waals surface area contributed by atoms with Gasteiger partial charge >= 0.3 is 6.08 Å². The number of nitrogens with one attached hydrogen (secondary N) is 1. The van der Waals surface area contributed by atoms with Crippen LogP contribution in [0.4, 0.5) is 15.9 Å². The molecular formula is C13H14FN3O. The van der Waals surface area contributed by atoms with E-state index in [1.807, 2.05) is 38.1 Å². The average molecular weight is 247 g/mol. The van der Waals surface area contributed by atoms with Crippen LogP contribution in [0.2, 0.25) is 0 Å². The SMILES string of the molecule is CC(C)Oc1ccc(Nc2ccnc(F)n2)cc1. The molecule has 0 saturated carbocycles. The number of hydrogen-bond donors (Lipinski definition) is 1. The van der Waals surface area contributed by atoms with E-state index in [0.29, 0.717) is 5.82 Å². The Morgan fingerprint density at radius 1 is 1.17 bits per heavy atom. The molecule has 5 heteroatoms. The van der Waals surface area contributed by atoms with Gasteiger partial charge < -0.3 is 10.1 Å². The second-order valence-electron chi connectivity index (χ2n) is 4.03. The maximum absolute atomic E-state index is 12.8. The van der Waals surface area contributed by atoms with E-state index in [-0.39, 0.29) is 6.10 Å². The minimum Gasteiger partial charge on any atom is -0.491 e. The van der Waals surface area contributed by atoms with Gasteiger partial charge in [-0.3, -0.25) is 0 Å². The Balaban J connectivity index is 2.06. The van der Waals surface area contributed by atoms with Crippen molar-refractivity contribution in [2.45, 2.75) is 20.0 Å². The molecule has 18 heavy (non-hydrogen) atoms. The predicted octanol–water partition coefficient (Wildman–Crippen LogP) is 3.15. The van der Waals surface area contributed by atoms with Crippen molar-refractivity contribution in [2.75, 3.05) is 5.32 Å². The largest absolute Gasteiger partial charge is 0.491 e. The quantitative estimate of drug-likeness (QED) is 0.843. The Morgan fingerprint density at radius 3 is 2.50 bits per heavy atom. The molecule has 1 heterocycles. The minimum atomic E-state index is -0.750. The fourth-order valence-electron chi connectivity index (χ4n) is 1.44. The molecule has 0 aliphatic carbocycles. The van der Waals surface area contributed by atoms with Gasteiger partial charge in [-0.25, -0.2) is 4.98 Å². The Morgan fingerprint density at radius 2 is 1.89 bits per heavy atom. The first kappa shape index (κ1) is 12.3. The zero-order valence-electron chi connectivity index (χ0n) is 10.2.